The molecule has 0 bridgehead atoms. The van der Waals surface area contributed by atoms with Gasteiger partial charge in [0, 0.05) is 31.3 Å². The van der Waals surface area contributed by atoms with E-state index in [0.29, 0.717) is 35.6 Å². The number of halogens is 2. The monoisotopic (exact) mass is 548 g/mol. The van der Waals surface area contributed by atoms with E-state index >= 15 is 0 Å². The molecule has 3 aromatic rings. The number of aromatic nitrogens is 1. The Bertz CT molecular complexity index is 1190. The van der Waals surface area contributed by atoms with Gasteiger partial charge in [0.25, 0.3) is 0 Å². The van der Waals surface area contributed by atoms with E-state index in [9.17, 15) is 20.1 Å². The van der Waals surface area contributed by atoms with Gasteiger partial charge < -0.3 is 20.1 Å². The van der Waals surface area contributed by atoms with Crippen LogP contribution in [0.15, 0.2) is 48.5 Å². The Morgan fingerprint density at radius 3 is 2.32 bits per heavy atom. The molecule has 0 aliphatic heterocycles. The molecule has 1 atom stereocenters. The zero-order chi connectivity index (χ0) is 27.1. The van der Waals surface area contributed by atoms with Crippen molar-refractivity contribution in [1.82, 2.24) is 9.47 Å². The molecule has 0 fully saturated rings. The van der Waals surface area contributed by atoms with Gasteiger partial charge in [-0.25, -0.2) is 0 Å². The molecular formula is C28H34Cl2N2O5. The van der Waals surface area contributed by atoms with Gasteiger partial charge in [-0.2, -0.15) is 0 Å². The van der Waals surface area contributed by atoms with E-state index in [0.717, 1.165) is 28.9 Å². The Morgan fingerprint density at radius 2 is 1.73 bits per heavy atom. The van der Waals surface area contributed by atoms with Crippen molar-refractivity contribution in [2.24, 2.45) is 5.92 Å². The van der Waals surface area contributed by atoms with E-state index < -0.39 is 5.97 Å². The molecule has 1 aromatic heterocycles. The molecule has 0 amide bonds. The number of carboxylic acids is 1. The van der Waals surface area contributed by atoms with Gasteiger partial charge >= 0.3 is 5.97 Å². The Balaban J connectivity index is 1.81. The molecule has 9 heteroatoms. The Hall–Kier alpha value is -2.87. The number of nitrogens with zero attached hydrogens (tertiary/aromatic N) is 2. The van der Waals surface area contributed by atoms with Crippen LogP contribution in [0.1, 0.15) is 49.9 Å². The molecule has 0 radical (unpaired) electrons. The largest absolute Gasteiger partial charge is 0.494 e. The molecule has 3 rings (SSSR count). The second-order valence-corrected chi connectivity index (χ2v) is 10.3. The molecule has 0 saturated heterocycles. The number of rotatable bonds is 13. The van der Waals surface area contributed by atoms with Crippen LogP contribution in [0.25, 0.3) is 0 Å². The van der Waals surface area contributed by atoms with Crippen LogP contribution in [0.5, 0.6) is 17.5 Å². The highest BCUT2D eigenvalue weighted by atomic mass is 35.5. The summed E-state index contributed by atoms with van der Waals surface area (Å²) in [6.07, 6.45) is 0.685. The highest BCUT2D eigenvalue weighted by Gasteiger charge is 2.25. The number of hydrogen-bond donors (Lipinski definition) is 3. The van der Waals surface area contributed by atoms with Gasteiger partial charge in [0.1, 0.15) is 12.4 Å². The van der Waals surface area contributed by atoms with E-state index in [1.54, 1.807) is 12.1 Å². The van der Waals surface area contributed by atoms with E-state index in [2.05, 4.69) is 24.8 Å². The second-order valence-electron chi connectivity index (χ2n) is 9.46. The van der Waals surface area contributed by atoms with Crippen molar-refractivity contribution < 1.29 is 24.9 Å². The van der Waals surface area contributed by atoms with E-state index in [1.807, 2.05) is 25.1 Å². The van der Waals surface area contributed by atoms with E-state index in [1.165, 1.54) is 16.7 Å². The first-order valence-electron chi connectivity index (χ1n) is 12.3. The molecule has 3 N–H and O–H groups in total. The van der Waals surface area contributed by atoms with Crippen molar-refractivity contribution in [2.45, 2.75) is 52.7 Å². The topological polar surface area (TPSA) is 95.2 Å². The average molecular weight is 549 g/mol. The minimum Gasteiger partial charge on any atom is -0.494 e. The fourth-order valence-corrected chi connectivity index (χ4v) is 4.73. The lowest BCUT2D eigenvalue weighted by molar-refractivity contribution is -0.138. The van der Waals surface area contributed by atoms with Crippen LogP contribution in [-0.4, -0.2) is 43.9 Å². The number of aromatic hydroxyl groups is 2. The Morgan fingerprint density at radius 1 is 1.03 bits per heavy atom. The molecule has 0 saturated carbocycles. The minimum absolute atomic E-state index is 0.0182. The maximum absolute atomic E-state index is 11.8. The Labute approximate surface area is 227 Å². The molecule has 0 aliphatic carbocycles. The minimum atomic E-state index is -0.886. The first-order valence-corrected chi connectivity index (χ1v) is 13.1. The summed E-state index contributed by atoms with van der Waals surface area (Å²) >= 11 is 12.4. The number of aliphatic carboxylic acids is 1. The van der Waals surface area contributed by atoms with Crippen molar-refractivity contribution in [1.29, 1.82) is 0 Å². The van der Waals surface area contributed by atoms with Gasteiger partial charge in [0.15, 0.2) is 11.8 Å². The predicted octanol–water partition coefficient (Wildman–Crippen LogP) is 6.52. The van der Waals surface area contributed by atoms with Crippen LogP contribution in [0.3, 0.4) is 0 Å². The predicted molar refractivity (Wildman–Crippen MR) is 146 cm³/mol. The molecule has 0 aliphatic rings. The average Bonchev–Trinajstić information content (AvgIpc) is 3.16. The molecule has 200 valence electrons. The quantitative estimate of drug-likeness (QED) is 0.225. The number of carboxylic acid groups (broad SMARTS) is 1. The van der Waals surface area contributed by atoms with Crippen LogP contribution in [0.4, 0.5) is 0 Å². The summed E-state index contributed by atoms with van der Waals surface area (Å²) in [6.45, 7) is 8.08. The summed E-state index contributed by atoms with van der Waals surface area (Å²) in [5, 5.41) is 30.1. The SMILES string of the molecule is CCc1cc(CN(CC(C)C)C(CC(=O)O)c2ccc(Cl)c(Cl)c2)ccc1OCCn1c(O)ccc1O. The number of carbonyl (C=O) groups is 1. The van der Waals surface area contributed by atoms with Crippen LogP contribution in [0, 0.1) is 5.92 Å². The van der Waals surface area contributed by atoms with Gasteiger partial charge in [0.2, 0.25) is 0 Å². The third-order valence-electron chi connectivity index (χ3n) is 6.14. The van der Waals surface area contributed by atoms with Crippen molar-refractivity contribution >= 4 is 29.2 Å². The smallest absolute Gasteiger partial charge is 0.305 e. The summed E-state index contributed by atoms with van der Waals surface area (Å²) in [5.41, 5.74) is 2.87. The van der Waals surface area contributed by atoms with Crippen LogP contribution < -0.4 is 4.74 Å². The maximum atomic E-state index is 11.8. The standard InChI is InChI=1S/C28H34Cl2N2O5/c1-4-20-13-19(5-8-25(20)37-12-11-32-26(33)9-10-27(32)34)17-31(16-18(2)3)24(15-28(35)36)21-6-7-22(29)23(30)14-21/h5-10,13-14,18,24,33-34H,4,11-12,15-17H2,1-3H3,(H,35,36). The highest BCUT2D eigenvalue weighted by Crippen LogP contribution is 2.33. The second kappa shape index (κ2) is 13.1. The van der Waals surface area contributed by atoms with Crippen molar-refractivity contribution in [3.05, 3.63) is 75.3 Å². The summed E-state index contributed by atoms with van der Waals surface area (Å²) in [6, 6.07) is 13.8. The number of benzene rings is 2. The van der Waals surface area contributed by atoms with Crippen LogP contribution in [-0.2, 0) is 24.3 Å². The summed E-state index contributed by atoms with van der Waals surface area (Å²) in [5.74, 6) is 0.126. The van der Waals surface area contributed by atoms with Crippen molar-refractivity contribution in [2.75, 3.05) is 13.2 Å². The first-order chi connectivity index (χ1) is 17.6. The van der Waals surface area contributed by atoms with Crippen molar-refractivity contribution in [3.63, 3.8) is 0 Å². The van der Waals surface area contributed by atoms with Crippen LogP contribution in [0.2, 0.25) is 10.0 Å². The van der Waals surface area contributed by atoms with Gasteiger partial charge in [0.05, 0.1) is 23.0 Å². The zero-order valence-corrected chi connectivity index (χ0v) is 22.8. The summed E-state index contributed by atoms with van der Waals surface area (Å²) < 4.78 is 7.34. The Kier molecular flexibility index (Phi) is 10.1. The third-order valence-corrected chi connectivity index (χ3v) is 6.87. The zero-order valence-electron chi connectivity index (χ0n) is 21.3. The lowest BCUT2D eigenvalue weighted by atomic mass is 9.99. The maximum Gasteiger partial charge on any atom is 0.305 e. The molecule has 1 heterocycles. The normalized spacial score (nSPS) is 12.3. The van der Waals surface area contributed by atoms with Crippen molar-refractivity contribution in [3.8, 4) is 17.5 Å². The summed E-state index contributed by atoms with van der Waals surface area (Å²) in [4.78, 5) is 14.0. The summed E-state index contributed by atoms with van der Waals surface area (Å²) in [7, 11) is 0. The number of aryl methyl sites for hydroxylation is 1. The van der Waals surface area contributed by atoms with E-state index in [-0.39, 0.29) is 30.8 Å². The van der Waals surface area contributed by atoms with E-state index in [4.69, 9.17) is 27.9 Å². The molecular weight excluding hydrogens is 515 g/mol. The fraction of sp³-hybridized carbons (Fsp3) is 0.393. The molecule has 37 heavy (non-hydrogen) atoms. The first kappa shape index (κ1) is 28.7. The van der Waals surface area contributed by atoms with Gasteiger partial charge in [-0.3, -0.25) is 14.3 Å². The lowest BCUT2D eigenvalue weighted by Gasteiger charge is -2.33. The lowest BCUT2D eigenvalue weighted by Crippen LogP contribution is -2.33. The molecule has 1 unspecified atom stereocenters. The van der Waals surface area contributed by atoms with Gasteiger partial charge in [-0.15, -0.1) is 0 Å². The van der Waals surface area contributed by atoms with Crippen LogP contribution >= 0.6 is 23.2 Å². The number of hydrogen-bond acceptors (Lipinski definition) is 5. The highest BCUT2D eigenvalue weighted by molar-refractivity contribution is 6.42. The number of ether oxygens (including phenoxy) is 1. The fourth-order valence-electron chi connectivity index (χ4n) is 4.42. The van der Waals surface area contributed by atoms with Gasteiger partial charge in [-0.1, -0.05) is 62.2 Å². The molecule has 0 spiro atoms. The molecule has 7 nitrogen and oxygen atoms in total. The molecule has 2 aromatic carbocycles. The van der Waals surface area contributed by atoms with Gasteiger partial charge in [-0.05, 0) is 47.2 Å². The third kappa shape index (κ3) is 7.81.